The Morgan fingerprint density at radius 1 is 1.52 bits per heavy atom. The lowest BCUT2D eigenvalue weighted by Crippen LogP contribution is -2.49. The number of terminal acetylenes is 1. The minimum Gasteiger partial charge on any atom is -0.378 e. The van der Waals surface area contributed by atoms with Crippen molar-refractivity contribution >= 4 is 6.03 Å². The molecule has 0 aromatic carbocycles. The molecule has 21 heavy (non-hydrogen) atoms. The van der Waals surface area contributed by atoms with Crippen LogP contribution in [0.2, 0.25) is 0 Å². The minimum absolute atomic E-state index is 0.0471. The highest BCUT2D eigenvalue weighted by molar-refractivity contribution is 5.74. The lowest BCUT2D eigenvalue weighted by Gasteiger charge is -2.35. The third-order valence-corrected chi connectivity index (χ3v) is 4.57. The SMILES string of the molecule is C#CC1(O)CCN(C(=O)NCCC2CCOC(C)C2)CC1. The Kier molecular flexibility index (Phi) is 5.49. The van der Waals surface area contributed by atoms with E-state index in [1.54, 1.807) is 4.90 Å². The molecule has 2 aliphatic heterocycles. The number of nitrogens with zero attached hydrogens (tertiary/aromatic N) is 1. The normalized spacial score (nSPS) is 28.7. The molecule has 2 amide bonds. The van der Waals surface area contributed by atoms with Crippen LogP contribution in [-0.2, 0) is 4.74 Å². The zero-order valence-electron chi connectivity index (χ0n) is 12.8. The van der Waals surface area contributed by atoms with E-state index in [4.69, 9.17) is 11.2 Å². The van der Waals surface area contributed by atoms with Crippen LogP contribution in [0.15, 0.2) is 0 Å². The van der Waals surface area contributed by atoms with E-state index in [0.29, 0.717) is 44.5 Å². The van der Waals surface area contributed by atoms with Gasteiger partial charge in [-0.2, -0.15) is 0 Å². The fourth-order valence-corrected chi connectivity index (χ4v) is 3.07. The molecule has 0 spiro atoms. The Balaban J connectivity index is 1.65. The number of rotatable bonds is 3. The van der Waals surface area contributed by atoms with E-state index in [9.17, 15) is 9.90 Å². The molecular formula is C16H26N2O3. The van der Waals surface area contributed by atoms with Crippen LogP contribution in [0.25, 0.3) is 0 Å². The van der Waals surface area contributed by atoms with Gasteiger partial charge in [0.25, 0.3) is 0 Å². The summed E-state index contributed by atoms with van der Waals surface area (Å²) in [5.74, 6) is 3.06. The van der Waals surface area contributed by atoms with E-state index in [0.717, 1.165) is 25.9 Å². The van der Waals surface area contributed by atoms with Gasteiger partial charge in [0.15, 0.2) is 0 Å². The largest absolute Gasteiger partial charge is 0.378 e. The number of piperidine rings is 1. The maximum Gasteiger partial charge on any atom is 0.317 e. The number of carbonyl (C=O) groups excluding carboxylic acids is 1. The fourth-order valence-electron chi connectivity index (χ4n) is 3.07. The molecule has 0 saturated carbocycles. The van der Waals surface area contributed by atoms with Gasteiger partial charge in [-0.05, 0) is 32.1 Å². The zero-order valence-corrected chi connectivity index (χ0v) is 12.8. The second kappa shape index (κ2) is 7.15. The number of ether oxygens (including phenoxy) is 1. The van der Waals surface area contributed by atoms with Gasteiger partial charge in [0.1, 0.15) is 5.60 Å². The second-order valence-electron chi connectivity index (χ2n) is 6.26. The van der Waals surface area contributed by atoms with Crippen molar-refractivity contribution in [1.29, 1.82) is 0 Å². The maximum atomic E-state index is 12.1. The van der Waals surface area contributed by atoms with Crippen molar-refractivity contribution in [3.63, 3.8) is 0 Å². The van der Waals surface area contributed by atoms with Crippen LogP contribution in [0, 0.1) is 18.3 Å². The van der Waals surface area contributed by atoms with Gasteiger partial charge >= 0.3 is 6.03 Å². The third kappa shape index (κ3) is 4.62. The number of aliphatic hydroxyl groups is 1. The second-order valence-corrected chi connectivity index (χ2v) is 6.26. The standard InChI is InChI=1S/C16H26N2O3/c1-3-16(20)6-9-18(10-7-16)15(19)17-8-4-14-5-11-21-13(2)12-14/h1,13-14,20H,4-12H2,2H3,(H,17,19). The number of amides is 2. The maximum absolute atomic E-state index is 12.1. The van der Waals surface area contributed by atoms with Gasteiger partial charge < -0.3 is 20.1 Å². The van der Waals surface area contributed by atoms with Crippen molar-refractivity contribution < 1.29 is 14.6 Å². The molecule has 0 radical (unpaired) electrons. The van der Waals surface area contributed by atoms with Crippen LogP contribution in [0.5, 0.6) is 0 Å². The van der Waals surface area contributed by atoms with Crippen LogP contribution in [0.4, 0.5) is 4.79 Å². The first-order valence-electron chi connectivity index (χ1n) is 7.87. The van der Waals surface area contributed by atoms with Gasteiger partial charge in [0.05, 0.1) is 6.10 Å². The van der Waals surface area contributed by atoms with Crippen LogP contribution >= 0.6 is 0 Å². The Labute approximate surface area is 127 Å². The lowest BCUT2D eigenvalue weighted by molar-refractivity contribution is 0.00105. The van der Waals surface area contributed by atoms with E-state index >= 15 is 0 Å². The van der Waals surface area contributed by atoms with Gasteiger partial charge in [-0.3, -0.25) is 0 Å². The van der Waals surface area contributed by atoms with E-state index in [2.05, 4.69) is 18.2 Å². The van der Waals surface area contributed by atoms with Crippen LogP contribution < -0.4 is 5.32 Å². The zero-order chi connectivity index (χ0) is 15.3. The lowest BCUT2D eigenvalue weighted by atomic mass is 9.92. The Bertz CT molecular complexity index is 397. The van der Waals surface area contributed by atoms with E-state index in [-0.39, 0.29) is 6.03 Å². The average molecular weight is 294 g/mol. The average Bonchev–Trinajstić information content (AvgIpc) is 2.48. The first-order chi connectivity index (χ1) is 10.0. The summed E-state index contributed by atoms with van der Waals surface area (Å²) in [5.41, 5.74) is -1.03. The van der Waals surface area contributed by atoms with Crippen LogP contribution in [-0.4, -0.2) is 54.0 Å². The van der Waals surface area contributed by atoms with Crippen molar-refractivity contribution in [2.24, 2.45) is 5.92 Å². The monoisotopic (exact) mass is 294 g/mol. The Hall–Kier alpha value is -1.25. The summed E-state index contributed by atoms with van der Waals surface area (Å²) in [6.45, 7) is 4.66. The number of likely N-dealkylation sites (tertiary alicyclic amines) is 1. The molecular weight excluding hydrogens is 268 g/mol. The summed E-state index contributed by atoms with van der Waals surface area (Å²) >= 11 is 0. The summed E-state index contributed by atoms with van der Waals surface area (Å²) in [5, 5.41) is 12.9. The summed E-state index contributed by atoms with van der Waals surface area (Å²) < 4.78 is 5.53. The molecule has 2 rings (SSSR count). The first-order valence-corrected chi connectivity index (χ1v) is 7.87. The van der Waals surface area contributed by atoms with Crippen molar-refractivity contribution in [1.82, 2.24) is 10.2 Å². The van der Waals surface area contributed by atoms with Crippen molar-refractivity contribution in [2.45, 2.75) is 50.7 Å². The number of hydrogen-bond acceptors (Lipinski definition) is 3. The highest BCUT2D eigenvalue weighted by Crippen LogP contribution is 2.23. The van der Waals surface area contributed by atoms with Gasteiger partial charge in [0.2, 0.25) is 0 Å². The molecule has 2 aliphatic rings. The van der Waals surface area contributed by atoms with E-state index in [1.165, 1.54) is 0 Å². The summed E-state index contributed by atoms with van der Waals surface area (Å²) in [6, 6.07) is -0.0471. The molecule has 0 aromatic rings. The number of urea groups is 1. The first kappa shape index (κ1) is 16.1. The van der Waals surface area contributed by atoms with Crippen molar-refractivity contribution in [2.75, 3.05) is 26.2 Å². The number of hydrogen-bond donors (Lipinski definition) is 2. The van der Waals surface area contributed by atoms with E-state index in [1.807, 2.05) is 0 Å². The molecule has 5 heteroatoms. The molecule has 2 fully saturated rings. The van der Waals surface area contributed by atoms with Crippen molar-refractivity contribution in [3.8, 4) is 12.3 Å². The quantitative estimate of drug-likeness (QED) is 0.773. The van der Waals surface area contributed by atoms with Crippen molar-refractivity contribution in [3.05, 3.63) is 0 Å². The predicted molar refractivity (Wildman–Crippen MR) is 80.7 cm³/mol. The molecule has 2 N–H and O–H groups in total. The van der Waals surface area contributed by atoms with Gasteiger partial charge in [-0.1, -0.05) is 5.92 Å². The molecule has 0 aromatic heterocycles. The summed E-state index contributed by atoms with van der Waals surface area (Å²) in [6.07, 6.45) is 9.71. The fraction of sp³-hybridized carbons (Fsp3) is 0.812. The number of carbonyl (C=O) groups is 1. The molecule has 118 valence electrons. The van der Waals surface area contributed by atoms with Gasteiger partial charge in [-0.25, -0.2) is 4.79 Å². The summed E-state index contributed by atoms with van der Waals surface area (Å²) in [4.78, 5) is 13.8. The van der Waals surface area contributed by atoms with E-state index < -0.39 is 5.60 Å². The molecule has 2 unspecified atom stereocenters. The molecule has 5 nitrogen and oxygen atoms in total. The molecule has 2 heterocycles. The molecule has 2 saturated heterocycles. The Morgan fingerprint density at radius 2 is 2.24 bits per heavy atom. The van der Waals surface area contributed by atoms with Crippen LogP contribution in [0.3, 0.4) is 0 Å². The Morgan fingerprint density at radius 3 is 2.86 bits per heavy atom. The highest BCUT2D eigenvalue weighted by Gasteiger charge is 2.32. The highest BCUT2D eigenvalue weighted by atomic mass is 16.5. The predicted octanol–water partition coefficient (Wildman–Crippen LogP) is 1.36. The smallest absolute Gasteiger partial charge is 0.317 e. The molecule has 0 bridgehead atoms. The van der Waals surface area contributed by atoms with Gasteiger partial charge in [0, 0.05) is 39.1 Å². The molecule has 2 atom stereocenters. The number of nitrogens with one attached hydrogen (secondary N) is 1. The molecule has 0 aliphatic carbocycles. The summed E-state index contributed by atoms with van der Waals surface area (Å²) in [7, 11) is 0. The topological polar surface area (TPSA) is 61.8 Å². The minimum atomic E-state index is -1.03. The van der Waals surface area contributed by atoms with Gasteiger partial charge in [-0.15, -0.1) is 6.42 Å². The third-order valence-electron chi connectivity index (χ3n) is 4.57. The van der Waals surface area contributed by atoms with Crippen LogP contribution in [0.1, 0.15) is 39.0 Å².